The highest BCUT2D eigenvalue weighted by Crippen LogP contribution is 2.34. The second kappa shape index (κ2) is 9.24. The van der Waals surface area contributed by atoms with E-state index in [0.29, 0.717) is 19.1 Å². The number of rotatable bonds is 8. The van der Waals surface area contributed by atoms with Crippen molar-refractivity contribution in [3.63, 3.8) is 0 Å². The molecule has 1 amide bonds. The Hall–Kier alpha value is -2.05. The molecule has 6 heteroatoms. The molecule has 146 valence electrons. The molecule has 1 aliphatic heterocycles. The zero-order chi connectivity index (χ0) is 19.2. The second-order valence-corrected chi connectivity index (χ2v) is 8.16. The van der Waals surface area contributed by atoms with Crippen molar-refractivity contribution >= 4 is 17.2 Å². The largest absolute Gasteiger partial charge is 0.497 e. The molecule has 1 unspecified atom stereocenters. The van der Waals surface area contributed by atoms with Crippen LogP contribution in [0.5, 0.6) is 11.5 Å². The number of hydrogen-bond acceptors (Lipinski definition) is 5. The molecule has 3 rings (SSSR count). The van der Waals surface area contributed by atoms with Crippen molar-refractivity contribution in [3.05, 3.63) is 46.2 Å². The van der Waals surface area contributed by atoms with Crippen LogP contribution in [-0.2, 0) is 11.2 Å². The zero-order valence-electron chi connectivity index (χ0n) is 16.2. The van der Waals surface area contributed by atoms with E-state index in [0.717, 1.165) is 31.0 Å². The van der Waals surface area contributed by atoms with Crippen LogP contribution in [0.1, 0.15) is 30.3 Å². The predicted octanol–water partition coefficient (Wildman–Crippen LogP) is 3.51. The van der Waals surface area contributed by atoms with Crippen molar-refractivity contribution in [1.29, 1.82) is 0 Å². The summed E-state index contributed by atoms with van der Waals surface area (Å²) in [4.78, 5) is 16.1. The van der Waals surface area contributed by atoms with Crippen LogP contribution in [0.4, 0.5) is 0 Å². The maximum Gasteiger partial charge on any atom is 0.237 e. The van der Waals surface area contributed by atoms with Gasteiger partial charge in [0.1, 0.15) is 18.1 Å². The molecule has 0 saturated heterocycles. The molecule has 27 heavy (non-hydrogen) atoms. The van der Waals surface area contributed by atoms with Gasteiger partial charge in [-0.3, -0.25) is 4.79 Å². The fraction of sp³-hybridized carbons (Fsp3) is 0.476. The van der Waals surface area contributed by atoms with E-state index in [1.807, 2.05) is 29.2 Å². The molecule has 0 aliphatic carbocycles. The molecule has 0 radical (unpaired) electrons. The number of carbonyl (C=O) groups excluding carboxylic acids is 1. The van der Waals surface area contributed by atoms with E-state index in [4.69, 9.17) is 9.47 Å². The third-order valence-electron chi connectivity index (χ3n) is 4.71. The van der Waals surface area contributed by atoms with Crippen LogP contribution in [0.3, 0.4) is 0 Å². The summed E-state index contributed by atoms with van der Waals surface area (Å²) in [5.41, 5.74) is 1.22. The van der Waals surface area contributed by atoms with Crippen LogP contribution in [0.25, 0.3) is 0 Å². The molecule has 0 saturated carbocycles. The summed E-state index contributed by atoms with van der Waals surface area (Å²) >= 11 is 1.77. The number of hydrogen-bond donors (Lipinski definition) is 1. The number of ether oxygens (including phenoxy) is 2. The van der Waals surface area contributed by atoms with Crippen molar-refractivity contribution < 1.29 is 14.3 Å². The van der Waals surface area contributed by atoms with Gasteiger partial charge in [-0.2, -0.15) is 0 Å². The molecule has 0 fully saturated rings. The molecule has 1 N–H and O–H groups in total. The van der Waals surface area contributed by atoms with E-state index in [1.54, 1.807) is 18.4 Å². The summed E-state index contributed by atoms with van der Waals surface area (Å²) in [6, 6.07) is 9.63. The molecule has 2 heterocycles. The monoisotopic (exact) mass is 388 g/mol. The van der Waals surface area contributed by atoms with Gasteiger partial charge in [-0.15, -0.1) is 11.3 Å². The standard InChI is InChI=1S/C21H28N2O3S/c1-15(2)12-22-13-21(24)23-10-8-20-18(9-11-27-20)19(23)14-26-17-6-4-16(25-3)5-7-17/h4-7,9,11,15,19,22H,8,10,12-14H2,1-3H3. The first-order valence-electron chi connectivity index (χ1n) is 9.41. The highest BCUT2D eigenvalue weighted by Gasteiger charge is 2.31. The van der Waals surface area contributed by atoms with Crippen LogP contribution >= 0.6 is 11.3 Å². The molecule has 1 atom stereocenters. The van der Waals surface area contributed by atoms with Gasteiger partial charge in [0.15, 0.2) is 0 Å². The van der Waals surface area contributed by atoms with Crippen LogP contribution in [-0.4, -0.2) is 44.2 Å². The molecule has 1 aromatic carbocycles. The van der Waals surface area contributed by atoms with Crippen LogP contribution in [0, 0.1) is 5.92 Å². The van der Waals surface area contributed by atoms with E-state index in [-0.39, 0.29) is 11.9 Å². The van der Waals surface area contributed by atoms with Crippen molar-refractivity contribution in [1.82, 2.24) is 10.2 Å². The second-order valence-electron chi connectivity index (χ2n) is 7.16. The van der Waals surface area contributed by atoms with Gasteiger partial charge in [0.05, 0.1) is 19.7 Å². The SMILES string of the molecule is COc1ccc(OCC2c3ccsc3CCN2C(=O)CNCC(C)C)cc1. The Balaban J connectivity index is 1.68. The van der Waals surface area contributed by atoms with Gasteiger partial charge in [-0.25, -0.2) is 0 Å². The van der Waals surface area contributed by atoms with Gasteiger partial charge in [0, 0.05) is 11.4 Å². The lowest BCUT2D eigenvalue weighted by atomic mass is 10.0. The summed E-state index contributed by atoms with van der Waals surface area (Å²) in [7, 11) is 1.65. The lowest BCUT2D eigenvalue weighted by Crippen LogP contribution is -2.46. The van der Waals surface area contributed by atoms with Gasteiger partial charge in [-0.05, 0) is 60.2 Å². The number of benzene rings is 1. The number of nitrogens with one attached hydrogen (secondary N) is 1. The minimum atomic E-state index is -0.0459. The van der Waals surface area contributed by atoms with Gasteiger partial charge >= 0.3 is 0 Å². The number of thiophene rings is 1. The number of carbonyl (C=O) groups is 1. The summed E-state index contributed by atoms with van der Waals surface area (Å²) in [5.74, 6) is 2.24. The first kappa shape index (κ1) is 19.7. The number of amides is 1. The Morgan fingerprint density at radius 1 is 1.26 bits per heavy atom. The molecule has 5 nitrogen and oxygen atoms in total. The van der Waals surface area contributed by atoms with Crippen molar-refractivity contribution in [2.24, 2.45) is 5.92 Å². The summed E-state index contributed by atoms with van der Waals surface area (Å²) < 4.78 is 11.2. The van der Waals surface area contributed by atoms with Crippen LogP contribution in [0.15, 0.2) is 35.7 Å². The van der Waals surface area contributed by atoms with Crippen molar-refractivity contribution in [2.45, 2.75) is 26.3 Å². The average Bonchev–Trinajstić information content (AvgIpc) is 3.15. The van der Waals surface area contributed by atoms with Gasteiger partial charge in [0.25, 0.3) is 0 Å². The predicted molar refractivity (Wildman–Crippen MR) is 109 cm³/mol. The molecule has 0 bridgehead atoms. The Labute approximate surface area is 165 Å². The van der Waals surface area contributed by atoms with Crippen molar-refractivity contribution in [2.75, 3.05) is 33.4 Å². The molecule has 1 aromatic heterocycles. The van der Waals surface area contributed by atoms with Gasteiger partial charge in [-0.1, -0.05) is 13.8 Å². The van der Waals surface area contributed by atoms with Crippen LogP contribution < -0.4 is 14.8 Å². The first-order valence-corrected chi connectivity index (χ1v) is 10.3. The zero-order valence-corrected chi connectivity index (χ0v) is 17.1. The molecule has 0 spiro atoms. The molecule has 1 aliphatic rings. The number of fused-ring (bicyclic) bond motifs is 1. The third-order valence-corrected chi connectivity index (χ3v) is 5.71. The third kappa shape index (κ3) is 5.02. The van der Waals surface area contributed by atoms with Crippen LogP contribution in [0.2, 0.25) is 0 Å². The highest BCUT2D eigenvalue weighted by atomic mass is 32.1. The van der Waals surface area contributed by atoms with E-state index in [2.05, 4.69) is 30.6 Å². The lowest BCUT2D eigenvalue weighted by Gasteiger charge is -2.36. The Kier molecular flexibility index (Phi) is 6.74. The van der Waals surface area contributed by atoms with Gasteiger partial charge in [0.2, 0.25) is 5.91 Å². The van der Waals surface area contributed by atoms with E-state index < -0.39 is 0 Å². The molecule has 2 aromatic rings. The normalized spacial score (nSPS) is 16.3. The molecular weight excluding hydrogens is 360 g/mol. The quantitative estimate of drug-likeness (QED) is 0.752. The number of methoxy groups -OCH3 is 1. The fourth-order valence-corrected chi connectivity index (χ4v) is 4.22. The maximum absolute atomic E-state index is 12.8. The first-order chi connectivity index (χ1) is 13.1. The smallest absolute Gasteiger partial charge is 0.237 e. The summed E-state index contributed by atoms with van der Waals surface area (Å²) in [6.45, 7) is 6.69. The average molecular weight is 389 g/mol. The topological polar surface area (TPSA) is 50.8 Å². The Bertz CT molecular complexity index is 742. The summed E-state index contributed by atoms with van der Waals surface area (Å²) in [5, 5.41) is 5.37. The van der Waals surface area contributed by atoms with E-state index >= 15 is 0 Å². The van der Waals surface area contributed by atoms with E-state index in [9.17, 15) is 4.79 Å². The minimum Gasteiger partial charge on any atom is -0.497 e. The van der Waals surface area contributed by atoms with Crippen molar-refractivity contribution in [3.8, 4) is 11.5 Å². The highest BCUT2D eigenvalue weighted by molar-refractivity contribution is 7.10. The van der Waals surface area contributed by atoms with Gasteiger partial charge < -0.3 is 19.7 Å². The van der Waals surface area contributed by atoms with E-state index in [1.165, 1.54) is 10.4 Å². The lowest BCUT2D eigenvalue weighted by molar-refractivity contribution is -0.133. The molecular formula is C21H28N2O3S. The maximum atomic E-state index is 12.8. The Morgan fingerprint density at radius 2 is 2.00 bits per heavy atom. The number of nitrogens with zero attached hydrogens (tertiary/aromatic N) is 1. The Morgan fingerprint density at radius 3 is 2.70 bits per heavy atom. The summed E-state index contributed by atoms with van der Waals surface area (Å²) in [6.07, 6.45) is 0.919. The fourth-order valence-electron chi connectivity index (χ4n) is 3.29. The minimum absolute atomic E-state index is 0.0459.